The number of rotatable bonds is 4. The Labute approximate surface area is 202 Å². The van der Waals surface area contributed by atoms with Gasteiger partial charge in [0.1, 0.15) is 17.3 Å². The molecule has 2 aliphatic heterocycles. The molecule has 184 valence electrons. The number of piperidine rings is 1. The molecule has 3 fully saturated rings. The van der Waals surface area contributed by atoms with E-state index in [2.05, 4.69) is 15.4 Å². The Kier molecular flexibility index (Phi) is 4.19. The highest BCUT2D eigenvalue weighted by Gasteiger charge is 2.75. The molecule has 3 heterocycles. The molecule has 9 heteroatoms. The van der Waals surface area contributed by atoms with Crippen LogP contribution in [0.4, 0.5) is 5.69 Å². The Morgan fingerprint density at radius 3 is 2.83 bits per heavy atom. The number of amides is 1. The van der Waals surface area contributed by atoms with E-state index in [0.717, 1.165) is 24.2 Å². The van der Waals surface area contributed by atoms with Gasteiger partial charge in [0, 0.05) is 18.2 Å². The van der Waals surface area contributed by atoms with Crippen molar-refractivity contribution in [3.05, 3.63) is 34.7 Å². The molecule has 2 bridgehead atoms. The number of aromatic nitrogens is 1. The molecule has 1 spiro atoms. The van der Waals surface area contributed by atoms with Gasteiger partial charge >= 0.3 is 0 Å². The largest absolute Gasteiger partial charge is 0.504 e. The lowest BCUT2D eigenvalue weighted by Crippen LogP contribution is -2.78. The fourth-order valence-corrected chi connectivity index (χ4v) is 7.40. The van der Waals surface area contributed by atoms with Crippen LogP contribution < -0.4 is 10.1 Å². The number of aromatic hydroxyl groups is 1. The van der Waals surface area contributed by atoms with Gasteiger partial charge in [-0.15, -0.1) is 0 Å². The van der Waals surface area contributed by atoms with Crippen LogP contribution in [0.25, 0.3) is 0 Å². The Morgan fingerprint density at radius 2 is 2.11 bits per heavy atom. The zero-order valence-corrected chi connectivity index (χ0v) is 19.8. The number of benzene rings is 1. The lowest BCUT2D eigenvalue weighted by atomic mass is 9.47. The summed E-state index contributed by atoms with van der Waals surface area (Å²) in [4.78, 5) is 29.7. The molecular weight excluding hydrogens is 450 g/mol. The van der Waals surface area contributed by atoms with Gasteiger partial charge in [-0.3, -0.25) is 14.5 Å². The maximum atomic E-state index is 13.9. The van der Waals surface area contributed by atoms with Crippen molar-refractivity contribution in [1.82, 2.24) is 10.1 Å². The van der Waals surface area contributed by atoms with Gasteiger partial charge in [0.2, 0.25) is 5.91 Å². The Balaban J connectivity index is 1.33. The summed E-state index contributed by atoms with van der Waals surface area (Å²) in [7, 11) is 0. The molecule has 1 aromatic heterocycles. The summed E-state index contributed by atoms with van der Waals surface area (Å²) in [5.74, 6) is -0.570. The summed E-state index contributed by atoms with van der Waals surface area (Å²) in [6.45, 7) is 5.09. The van der Waals surface area contributed by atoms with Gasteiger partial charge in [-0.25, -0.2) is 0 Å². The second-order valence-electron chi connectivity index (χ2n) is 11.1. The number of Topliss-reactive ketones (excluding diaryl/α,β-unsaturated/α-hetero) is 1. The van der Waals surface area contributed by atoms with Crippen molar-refractivity contribution in [1.29, 1.82) is 0 Å². The minimum absolute atomic E-state index is 0.0152. The molecule has 3 aliphatic carbocycles. The van der Waals surface area contributed by atoms with E-state index in [1.165, 1.54) is 12.8 Å². The van der Waals surface area contributed by atoms with Crippen LogP contribution in [-0.2, 0) is 21.4 Å². The van der Waals surface area contributed by atoms with Gasteiger partial charge in [-0.05, 0) is 70.0 Å². The number of hydrogen-bond donors (Lipinski definition) is 3. The van der Waals surface area contributed by atoms with Crippen molar-refractivity contribution < 1.29 is 29.1 Å². The normalized spacial score (nSPS) is 34.9. The molecular formula is C26H29N3O6. The van der Waals surface area contributed by atoms with Crippen molar-refractivity contribution in [3.8, 4) is 11.5 Å². The molecule has 1 unspecified atom stereocenters. The van der Waals surface area contributed by atoms with E-state index in [-0.39, 0.29) is 24.0 Å². The molecule has 9 nitrogen and oxygen atoms in total. The smallest absolute Gasteiger partial charge is 0.235 e. The van der Waals surface area contributed by atoms with E-state index in [0.29, 0.717) is 41.7 Å². The van der Waals surface area contributed by atoms with Gasteiger partial charge in [-0.2, -0.15) is 0 Å². The fourth-order valence-electron chi connectivity index (χ4n) is 7.40. The summed E-state index contributed by atoms with van der Waals surface area (Å²) < 4.78 is 11.4. The Hall–Kier alpha value is -2.91. The van der Waals surface area contributed by atoms with E-state index < -0.39 is 28.9 Å². The number of ether oxygens (including phenoxy) is 1. The molecule has 7 rings (SSSR count). The van der Waals surface area contributed by atoms with Crippen LogP contribution >= 0.6 is 0 Å². The molecule has 2 saturated carbocycles. The number of nitrogens with one attached hydrogen (secondary N) is 1. The molecule has 1 amide bonds. The van der Waals surface area contributed by atoms with Crippen molar-refractivity contribution >= 4 is 17.4 Å². The van der Waals surface area contributed by atoms with Gasteiger partial charge in [0.05, 0.1) is 11.0 Å². The van der Waals surface area contributed by atoms with Crippen LogP contribution in [0.2, 0.25) is 0 Å². The summed E-state index contributed by atoms with van der Waals surface area (Å²) in [5.41, 5.74) is 0.456. The number of phenols is 1. The topological polar surface area (TPSA) is 125 Å². The van der Waals surface area contributed by atoms with Gasteiger partial charge in [0.25, 0.3) is 0 Å². The minimum atomic E-state index is -1.34. The van der Waals surface area contributed by atoms with Crippen LogP contribution in [0.1, 0.15) is 48.3 Å². The van der Waals surface area contributed by atoms with E-state index in [1.54, 1.807) is 19.9 Å². The highest BCUT2D eigenvalue weighted by atomic mass is 16.5. The standard InChI is InChI=1S/C26H29N3O6/c1-12-20(13(2)35-28-12)27-24(32)16-10-26(33)18-9-15-5-6-17(30)22-19(15)25(26,23(34-22)21(16)31)7-8-29(18)11-14-3-4-14/h5-6,14,16,18,23,30,33H,3-4,7-11H2,1-2H3,(H,27,32)/t16?,18-,23+,25+,26-/m1/s1. The average Bonchev–Trinajstić information content (AvgIpc) is 3.49. The maximum Gasteiger partial charge on any atom is 0.235 e. The number of carbonyl (C=O) groups is 2. The van der Waals surface area contributed by atoms with E-state index in [1.807, 2.05) is 6.07 Å². The van der Waals surface area contributed by atoms with Gasteiger partial charge in [-0.1, -0.05) is 11.2 Å². The average molecular weight is 480 g/mol. The van der Waals surface area contributed by atoms with Crippen LogP contribution in [0, 0.1) is 25.7 Å². The number of likely N-dealkylation sites (tertiary alicyclic amines) is 1. The molecule has 35 heavy (non-hydrogen) atoms. The summed E-state index contributed by atoms with van der Waals surface area (Å²) in [5, 5.41) is 30.0. The first kappa shape index (κ1) is 21.4. The van der Waals surface area contributed by atoms with Gasteiger partial charge in [0.15, 0.2) is 29.1 Å². The lowest BCUT2D eigenvalue weighted by molar-refractivity contribution is -0.197. The van der Waals surface area contributed by atoms with Gasteiger partial charge < -0.3 is 24.8 Å². The van der Waals surface area contributed by atoms with Crippen LogP contribution in [-0.4, -0.2) is 62.8 Å². The van der Waals surface area contributed by atoms with Crippen LogP contribution in [0.5, 0.6) is 11.5 Å². The number of aryl methyl sites for hydroxylation is 2. The van der Waals surface area contributed by atoms with Crippen LogP contribution in [0.15, 0.2) is 16.7 Å². The molecule has 1 aromatic carbocycles. The minimum Gasteiger partial charge on any atom is -0.504 e. The third kappa shape index (κ3) is 2.63. The van der Waals surface area contributed by atoms with Crippen molar-refractivity contribution in [2.45, 2.75) is 69.1 Å². The molecule has 2 aromatic rings. The second-order valence-corrected chi connectivity index (χ2v) is 11.1. The predicted molar refractivity (Wildman–Crippen MR) is 123 cm³/mol. The predicted octanol–water partition coefficient (Wildman–Crippen LogP) is 2.00. The highest BCUT2D eigenvalue weighted by molar-refractivity contribution is 6.11. The first-order valence-electron chi connectivity index (χ1n) is 12.5. The monoisotopic (exact) mass is 479 g/mol. The quantitative estimate of drug-likeness (QED) is 0.569. The molecule has 5 atom stereocenters. The highest BCUT2D eigenvalue weighted by Crippen LogP contribution is 2.65. The molecule has 5 aliphatic rings. The number of ketones is 1. The second kappa shape index (κ2) is 6.85. The Morgan fingerprint density at radius 1 is 1.31 bits per heavy atom. The van der Waals surface area contributed by atoms with E-state index in [9.17, 15) is 19.8 Å². The number of hydrogen-bond acceptors (Lipinski definition) is 8. The first-order valence-corrected chi connectivity index (χ1v) is 12.5. The van der Waals surface area contributed by atoms with E-state index >= 15 is 0 Å². The molecule has 3 N–H and O–H groups in total. The number of carbonyl (C=O) groups excluding carboxylic acids is 2. The number of aliphatic hydroxyl groups is 1. The van der Waals surface area contributed by atoms with Crippen molar-refractivity contribution in [2.24, 2.45) is 11.8 Å². The van der Waals surface area contributed by atoms with E-state index in [4.69, 9.17) is 9.26 Å². The van der Waals surface area contributed by atoms with Crippen molar-refractivity contribution in [2.75, 3.05) is 18.4 Å². The molecule has 1 saturated heterocycles. The summed E-state index contributed by atoms with van der Waals surface area (Å²) >= 11 is 0. The maximum absolute atomic E-state index is 13.9. The first-order chi connectivity index (χ1) is 16.7. The lowest BCUT2D eigenvalue weighted by Gasteiger charge is -2.63. The van der Waals surface area contributed by atoms with Crippen LogP contribution in [0.3, 0.4) is 0 Å². The molecule has 0 radical (unpaired) electrons. The summed E-state index contributed by atoms with van der Waals surface area (Å²) in [6.07, 6.45) is 2.54. The van der Waals surface area contributed by atoms with Crippen molar-refractivity contribution in [3.63, 3.8) is 0 Å². The zero-order chi connectivity index (χ0) is 24.3. The zero-order valence-electron chi connectivity index (χ0n) is 19.8. The number of phenolic OH excluding ortho intramolecular Hbond substituents is 1. The third-order valence-electron chi connectivity index (χ3n) is 9.23. The summed E-state index contributed by atoms with van der Waals surface area (Å²) in [6, 6.07) is 3.28. The number of anilines is 1. The Bertz CT molecular complexity index is 1260. The SMILES string of the molecule is Cc1noc(C)c1NC(=O)C1C[C@@]2(O)[C@H]3Cc4ccc(O)c5c4[C@@]2(CCN3CC2CC2)[C@@H](O5)C1=O. The third-order valence-corrected chi connectivity index (χ3v) is 9.23. The fraction of sp³-hybridized carbons (Fsp3) is 0.577. The number of nitrogens with zero attached hydrogens (tertiary/aromatic N) is 2.